The molecule has 0 spiro atoms. The first-order valence-electron chi connectivity index (χ1n) is 7.48. The van der Waals surface area contributed by atoms with Crippen LogP contribution in [-0.2, 0) is 6.54 Å². The van der Waals surface area contributed by atoms with Gasteiger partial charge in [0, 0.05) is 18.0 Å². The minimum absolute atomic E-state index is 0.347. The lowest BCUT2D eigenvalue weighted by Crippen LogP contribution is -2.33. The molecule has 5 heteroatoms. The van der Waals surface area contributed by atoms with E-state index in [1.807, 2.05) is 18.2 Å². The number of aromatic amines is 1. The van der Waals surface area contributed by atoms with Gasteiger partial charge in [0.25, 0.3) is 0 Å². The summed E-state index contributed by atoms with van der Waals surface area (Å²) in [6.45, 7) is 1.96. The van der Waals surface area contributed by atoms with Crippen molar-refractivity contribution >= 4 is 10.9 Å². The van der Waals surface area contributed by atoms with E-state index in [9.17, 15) is 0 Å². The molecule has 3 heterocycles. The summed E-state index contributed by atoms with van der Waals surface area (Å²) in [6.07, 6.45) is 5.28. The third-order valence-corrected chi connectivity index (χ3v) is 4.31. The molecule has 1 fully saturated rings. The van der Waals surface area contributed by atoms with Crippen LogP contribution in [0.1, 0.15) is 36.7 Å². The van der Waals surface area contributed by atoms with Crippen molar-refractivity contribution in [1.82, 2.24) is 20.3 Å². The number of benzene rings is 1. The van der Waals surface area contributed by atoms with E-state index < -0.39 is 0 Å². The molecular weight excluding hydrogens is 264 g/mol. The summed E-state index contributed by atoms with van der Waals surface area (Å²) in [7, 11) is 0. The summed E-state index contributed by atoms with van der Waals surface area (Å²) in [6, 6.07) is 10.6. The molecule has 1 aromatic carbocycles. The van der Waals surface area contributed by atoms with Crippen LogP contribution < -0.4 is 0 Å². The Morgan fingerprint density at radius 1 is 1.24 bits per heavy atom. The first-order chi connectivity index (χ1) is 10.4. The van der Waals surface area contributed by atoms with Crippen molar-refractivity contribution < 1.29 is 4.52 Å². The second-order valence-electron chi connectivity index (χ2n) is 5.63. The molecule has 1 N–H and O–H groups in total. The zero-order valence-electron chi connectivity index (χ0n) is 11.8. The third-order valence-electron chi connectivity index (χ3n) is 4.31. The molecule has 0 aliphatic carbocycles. The van der Waals surface area contributed by atoms with Gasteiger partial charge in [-0.3, -0.25) is 10.00 Å². The van der Waals surface area contributed by atoms with Crippen molar-refractivity contribution in [2.24, 2.45) is 0 Å². The minimum atomic E-state index is 0.347. The Morgan fingerprint density at radius 3 is 3.10 bits per heavy atom. The number of H-pyrrole nitrogens is 1. The molecule has 3 aromatic rings. The van der Waals surface area contributed by atoms with E-state index in [1.165, 1.54) is 23.9 Å². The molecule has 108 valence electrons. The smallest absolute Gasteiger partial charge is 0.124 e. The van der Waals surface area contributed by atoms with Crippen LogP contribution in [0.15, 0.2) is 41.1 Å². The van der Waals surface area contributed by atoms with Crippen LogP contribution in [0.3, 0.4) is 0 Å². The van der Waals surface area contributed by atoms with Crippen LogP contribution >= 0.6 is 0 Å². The number of likely N-dealkylation sites (tertiary alicyclic amines) is 1. The lowest BCUT2D eigenvalue weighted by atomic mass is 9.99. The molecule has 0 unspecified atom stereocenters. The Morgan fingerprint density at radius 2 is 2.19 bits per heavy atom. The van der Waals surface area contributed by atoms with Gasteiger partial charge in [-0.1, -0.05) is 29.8 Å². The van der Waals surface area contributed by atoms with Gasteiger partial charge in [-0.2, -0.15) is 5.10 Å². The highest BCUT2D eigenvalue weighted by atomic mass is 16.5. The second kappa shape index (κ2) is 5.33. The fraction of sp³-hybridized carbons (Fsp3) is 0.375. The van der Waals surface area contributed by atoms with Gasteiger partial charge in [0.05, 0.1) is 17.3 Å². The SMILES string of the molecule is c1ccc2c(CN3CCCC[C@@H]3c3ccon3)[nH]nc2c1. The molecule has 1 saturated heterocycles. The predicted molar refractivity (Wildman–Crippen MR) is 79.6 cm³/mol. The maximum atomic E-state index is 5.02. The number of hydrogen-bond donors (Lipinski definition) is 1. The summed E-state index contributed by atoms with van der Waals surface area (Å²) >= 11 is 0. The molecule has 1 aliphatic heterocycles. The fourth-order valence-electron chi connectivity index (χ4n) is 3.25. The van der Waals surface area contributed by atoms with Crippen molar-refractivity contribution in [2.45, 2.75) is 31.8 Å². The molecule has 2 aromatic heterocycles. The maximum absolute atomic E-state index is 5.02. The number of hydrogen-bond acceptors (Lipinski definition) is 4. The Balaban J connectivity index is 1.62. The van der Waals surface area contributed by atoms with Gasteiger partial charge < -0.3 is 4.52 Å². The molecule has 0 saturated carbocycles. The lowest BCUT2D eigenvalue weighted by Gasteiger charge is -2.34. The Bertz CT molecular complexity index is 719. The first-order valence-corrected chi connectivity index (χ1v) is 7.48. The van der Waals surface area contributed by atoms with Crippen LogP contribution in [0, 0.1) is 0 Å². The van der Waals surface area contributed by atoms with E-state index >= 15 is 0 Å². The summed E-state index contributed by atoms with van der Waals surface area (Å²) < 4.78 is 5.02. The number of nitrogens with zero attached hydrogens (tertiary/aromatic N) is 3. The second-order valence-corrected chi connectivity index (χ2v) is 5.63. The van der Waals surface area contributed by atoms with Gasteiger partial charge in [0.2, 0.25) is 0 Å². The van der Waals surface area contributed by atoms with Crippen LogP contribution in [0.25, 0.3) is 10.9 Å². The maximum Gasteiger partial charge on any atom is 0.124 e. The van der Waals surface area contributed by atoms with Crippen molar-refractivity contribution in [1.29, 1.82) is 0 Å². The average molecular weight is 282 g/mol. The Labute approximate surface area is 122 Å². The van der Waals surface area contributed by atoms with Crippen molar-refractivity contribution in [3.05, 3.63) is 48.0 Å². The summed E-state index contributed by atoms with van der Waals surface area (Å²) in [5.41, 5.74) is 3.25. The number of aromatic nitrogens is 3. The number of fused-ring (bicyclic) bond motifs is 1. The molecule has 0 radical (unpaired) electrons. The zero-order chi connectivity index (χ0) is 14.1. The topological polar surface area (TPSA) is 58.0 Å². The van der Waals surface area contributed by atoms with Crippen molar-refractivity contribution in [3.63, 3.8) is 0 Å². The van der Waals surface area contributed by atoms with E-state index in [4.69, 9.17) is 4.52 Å². The highest BCUT2D eigenvalue weighted by Crippen LogP contribution is 2.31. The first kappa shape index (κ1) is 12.6. The van der Waals surface area contributed by atoms with Gasteiger partial charge in [0.15, 0.2) is 0 Å². The number of rotatable bonds is 3. The van der Waals surface area contributed by atoms with E-state index in [2.05, 4.69) is 32.4 Å². The van der Waals surface area contributed by atoms with Crippen LogP contribution in [0.4, 0.5) is 0 Å². The Hall–Kier alpha value is -2.14. The monoisotopic (exact) mass is 282 g/mol. The molecule has 0 bridgehead atoms. The van der Waals surface area contributed by atoms with Gasteiger partial charge in [-0.15, -0.1) is 0 Å². The summed E-state index contributed by atoms with van der Waals surface area (Å²) in [4.78, 5) is 2.47. The quantitative estimate of drug-likeness (QED) is 0.801. The van der Waals surface area contributed by atoms with Crippen LogP contribution in [-0.4, -0.2) is 26.8 Å². The molecule has 0 amide bonds. The van der Waals surface area contributed by atoms with E-state index in [0.717, 1.165) is 30.7 Å². The van der Waals surface area contributed by atoms with Crippen molar-refractivity contribution in [3.8, 4) is 0 Å². The van der Waals surface area contributed by atoms with Gasteiger partial charge in [0.1, 0.15) is 12.0 Å². The molecule has 1 aliphatic rings. The normalized spacial score (nSPS) is 20.1. The van der Waals surface area contributed by atoms with Crippen molar-refractivity contribution in [2.75, 3.05) is 6.54 Å². The summed E-state index contributed by atoms with van der Waals surface area (Å²) in [5, 5.41) is 12.9. The van der Waals surface area contributed by atoms with Gasteiger partial charge in [-0.05, 0) is 25.5 Å². The molecule has 5 nitrogen and oxygen atoms in total. The molecule has 1 atom stereocenters. The van der Waals surface area contributed by atoms with Gasteiger partial charge in [-0.25, -0.2) is 0 Å². The fourth-order valence-corrected chi connectivity index (χ4v) is 3.25. The largest absolute Gasteiger partial charge is 0.364 e. The standard InChI is InChI=1S/C16H18N4O/c1-2-6-13-12(5-1)15(18-17-13)11-20-9-4-3-7-16(20)14-8-10-21-19-14/h1-2,5-6,8,10,16H,3-4,7,9,11H2,(H,17,18)/t16-/m1/s1. The Kier molecular flexibility index (Phi) is 3.20. The lowest BCUT2D eigenvalue weighted by molar-refractivity contribution is 0.133. The number of nitrogens with one attached hydrogen (secondary N) is 1. The third kappa shape index (κ3) is 2.34. The molecule has 4 rings (SSSR count). The highest BCUT2D eigenvalue weighted by molar-refractivity contribution is 5.81. The number of piperidine rings is 1. The average Bonchev–Trinajstić information content (AvgIpc) is 3.18. The zero-order valence-corrected chi connectivity index (χ0v) is 11.8. The number of para-hydroxylation sites is 1. The predicted octanol–water partition coefficient (Wildman–Crippen LogP) is 3.28. The van der Waals surface area contributed by atoms with Crippen LogP contribution in [0.5, 0.6) is 0 Å². The highest BCUT2D eigenvalue weighted by Gasteiger charge is 2.26. The van der Waals surface area contributed by atoms with E-state index in [-0.39, 0.29) is 0 Å². The minimum Gasteiger partial charge on any atom is -0.364 e. The van der Waals surface area contributed by atoms with E-state index in [0.29, 0.717) is 6.04 Å². The van der Waals surface area contributed by atoms with E-state index in [1.54, 1.807) is 6.26 Å². The summed E-state index contributed by atoms with van der Waals surface area (Å²) in [5.74, 6) is 0. The molecular formula is C16H18N4O. The molecule has 21 heavy (non-hydrogen) atoms. The van der Waals surface area contributed by atoms with Crippen LogP contribution in [0.2, 0.25) is 0 Å². The van der Waals surface area contributed by atoms with Gasteiger partial charge >= 0.3 is 0 Å².